The highest BCUT2D eigenvalue weighted by Gasteiger charge is 2.17. The van der Waals surface area contributed by atoms with Gasteiger partial charge in [-0.15, -0.1) is 0 Å². The van der Waals surface area contributed by atoms with Gasteiger partial charge in [-0.2, -0.15) is 0 Å². The van der Waals surface area contributed by atoms with E-state index in [0.29, 0.717) is 19.5 Å². The van der Waals surface area contributed by atoms with Gasteiger partial charge in [0.1, 0.15) is 0 Å². The fraction of sp³-hybridized carbons (Fsp3) is 0.778. The minimum atomic E-state index is 0.00336. The van der Waals surface area contributed by atoms with Crippen LogP contribution >= 0.6 is 0 Å². The molecule has 2 amide bonds. The summed E-state index contributed by atoms with van der Waals surface area (Å²) < 4.78 is 5.49. The number of carbonyl (C=O) groups excluding carboxylic acids is 2. The Morgan fingerprint density at radius 2 is 2.17 bits per heavy atom. The molecule has 0 radical (unpaired) electrons. The quantitative estimate of drug-likeness (QED) is 0.698. The first-order valence-electron chi connectivity index (χ1n) is 8.97. The molecule has 0 saturated carbocycles. The fourth-order valence-electron chi connectivity index (χ4n) is 3.19. The van der Waals surface area contributed by atoms with Crippen molar-refractivity contribution in [1.29, 1.82) is 0 Å². The van der Waals surface area contributed by atoms with Crippen LogP contribution in [0.4, 0.5) is 0 Å². The van der Waals surface area contributed by atoms with Gasteiger partial charge < -0.3 is 15.0 Å². The lowest BCUT2D eigenvalue weighted by Crippen LogP contribution is -2.36. The minimum Gasteiger partial charge on any atom is -0.376 e. The molecule has 2 rings (SSSR count). The van der Waals surface area contributed by atoms with E-state index in [1.807, 2.05) is 0 Å². The van der Waals surface area contributed by atoms with Gasteiger partial charge in [0, 0.05) is 39.6 Å². The summed E-state index contributed by atoms with van der Waals surface area (Å²) in [7, 11) is 0. The molecule has 1 atom stereocenters. The second kappa shape index (κ2) is 9.71. The molecule has 0 aromatic heterocycles. The molecule has 0 aromatic carbocycles. The van der Waals surface area contributed by atoms with Crippen molar-refractivity contribution in [2.24, 2.45) is 0 Å². The van der Waals surface area contributed by atoms with Crippen LogP contribution in [0.2, 0.25) is 0 Å². The summed E-state index contributed by atoms with van der Waals surface area (Å²) in [5, 5.41) is 2.91. The van der Waals surface area contributed by atoms with Gasteiger partial charge in [0.05, 0.1) is 6.10 Å². The molecule has 1 N–H and O–H groups in total. The SMILES string of the molecule is CC(=O)N(CCC(=O)NCC1CCCO1)CCC1=CCCCC1. The maximum atomic E-state index is 11.9. The van der Waals surface area contributed by atoms with Crippen LogP contribution in [0.3, 0.4) is 0 Å². The Morgan fingerprint density at radius 1 is 1.30 bits per heavy atom. The molecule has 1 aliphatic carbocycles. The first-order chi connectivity index (χ1) is 11.1. The van der Waals surface area contributed by atoms with Gasteiger partial charge >= 0.3 is 0 Å². The predicted octanol–water partition coefficient (Wildman–Crippen LogP) is 2.41. The Hall–Kier alpha value is -1.36. The molecule has 2 aliphatic rings. The molecule has 1 heterocycles. The Morgan fingerprint density at radius 3 is 2.83 bits per heavy atom. The molecule has 0 bridgehead atoms. The normalized spacial score (nSPS) is 20.9. The minimum absolute atomic E-state index is 0.00336. The van der Waals surface area contributed by atoms with Gasteiger partial charge in [0.25, 0.3) is 0 Å². The number of allylic oxidation sites excluding steroid dienone is 1. The average Bonchev–Trinajstić information content (AvgIpc) is 3.07. The van der Waals surface area contributed by atoms with Gasteiger partial charge in [0.2, 0.25) is 11.8 Å². The van der Waals surface area contributed by atoms with Crippen molar-refractivity contribution in [3.05, 3.63) is 11.6 Å². The fourth-order valence-corrected chi connectivity index (χ4v) is 3.19. The van der Waals surface area contributed by atoms with Crippen molar-refractivity contribution in [3.63, 3.8) is 0 Å². The van der Waals surface area contributed by atoms with Gasteiger partial charge in [-0.1, -0.05) is 11.6 Å². The number of amides is 2. The van der Waals surface area contributed by atoms with Crippen molar-refractivity contribution in [1.82, 2.24) is 10.2 Å². The molecule has 1 fully saturated rings. The van der Waals surface area contributed by atoms with Crippen molar-refractivity contribution < 1.29 is 14.3 Å². The van der Waals surface area contributed by atoms with Gasteiger partial charge in [0.15, 0.2) is 0 Å². The van der Waals surface area contributed by atoms with Gasteiger partial charge in [-0.3, -0.25) is 9.59 Å². The third-order valence-electron chi connectivity index (χ3n) is 4.69. The van der Waals surface area contributed by atoms with Crippen LogP contribution in [0.25, 0.3) is 0 Å². The number of nitrogens with one attached hydrogen (secondary N) is 1. The van der Waals surface area contributed by atoms with E-state index in [1.54, 1.807) is 11.8 Å². The third-order valence-corrected chi connectivity index (χ3v) is 4.69. The third kappa shape index (κ3) is 6.73. The summed E-state index contributed by atoms with van der Waals surface area (Å²) in [6.45, 7) is 4.19. The Labute approximate surface area is 139 Å². The lowest BCUT2D eigenvalue weighted by atomic mass is 9.97. The van der Waals surface area contributed by atoms with Crippen LogP contribution < -0.4 is 5.32 Å². The van der Waals surface area contributed by atoms with E-state index >= 15 is 0 Å². The van der Waals surface area contributed by atoms with Crippen LogP contribution in [0.1, 0.15) is 58.3 Å². The zero-order valence-corrected chi connectivity index (χ0v) is 14.3. The zero-order chi connectivity index (χ0) is 16.5. The van der Waals surface area contributed by atoms with E-state index in [2.05, 4.69) is 11.4 Å². The van der Waals surface area contributed by atoms with Crippen LogP contribution in [-0.4, -0.2) is 49.1 Å². The highest BCUT2D eigenvalue weighted by Crippen LogP contribution is 2.20. The second-order valence-corrected chi connectivity index (χ2v) is 6.55. The second-order valence-electron chi connectivity index (χ2n) is 6.55. The molecule has 23 heavy (non-hydrogen) atoms. The lowest BCUT2D eigenvalue weighted by Gasteiger charge is -2.22. The molecule has 1 unspecified atom stereocenters. The summed E-state index contributed by atoms with van der Waals surface area (Å²) >= 11 is 0. The molecular formula is C18H30N2O3. The van der Waals surface area contributed by atoms with E-state index in [9.17, 15) is 9.59 Å². The molecule has 0 aromatic rings. The smallest absolute Gasteiger partial charge is 0.221 e. The maximum Gasteiger partial charge on any atom is 0.221 e. The first kappa shape index (κ1) is 18.0. The molecule has 1 aliphatic heterocycles. The summed E-state index contributed by atoms with van der Waals surface area (Å²) in [4.78, 5) is 25.5. The summed E-state index contributed by atoms with van der Waals surface area (Å²) in [5.41, 5.74) is 1.46. The average molecular weight is 322 g/mol. The summed E-state index contributed by atoms with van der Waals surface area (Å²) in [6, 6.07) is 0. The van der Waals surface area contributed by atoms with E-state index in [0.717, 1.165) is 38.8 Å². The number of rotatable bonds is 8. The Bertz CT molecular complexity index is 428. The van der Waals surface area contributed by atoms with Crippen molar-refractivity contribution >= 4 is 11.8 Å². The predicted molar refractivity (Wildman–Crippen MR) is 90.0 cm³/mol. The molecule has 1 saturated heterocycles. The van der Waals surface area contributed by atoms with Gasteiger partial charge in [-0.05, 0) is 44.9 Å². The monoisotopic (exact) mass is 322 g/mol. The first-order valence-corrected chi connectivity index (χ1v) is 8.97. The van der Waals surface area contributed by atoms with E-state index in [-0.39, 0.29) is 17.9 Å². The number of carbonyl (C=O) groups is 2. The summed E-state index contributed by atoms with van der Waals surface area (Å²) in [6.07, 6.45) is 10.8. The summed E-state index contributed by atoms with van der Waals surface area (Å²) in [5.74, 6) is 0.0527. The van der Waals surface area contributed by atoms with E-state index < -0.39 is 0 Å². The van der Waals surface area contributed by atoms with Crippen LogP contribution in [0, 0.1) is 0 Å². The number of nitrogens with zero attached hydrogens (tertiary/aromatic N) is 1. The van der Waals surface area contributed by atoms with Crippen molar-refractivity contribution in [2.75, 3.05) is 26.2 Å². The van der Waals surface area contributed by atoms with Gasteiger partial charge in [-0.25, -0.2) is 0 Å². The number of hydrogen-bond donors (Lipinski definition) is 1. The standard InChI is InChI=1S/C18H30N2O3/c1-15(21)20(11-9-16-6-3-2-4-7-16)12-10-18(22)19-14-17-8-5-13-23-17/h6,17H,2-5,7-14H2,1H3,(H,19,22). The van der Waals surface area contributed by atoms with Crippen molar-refractivity contribution in [3.8, 4) is 0 Å². The molecule has 0 spiro atoms. The Balaban J connectivity index is 1.65. The number of ether oxygens (including phenoxy) is 1. The largest absolute Gasteiger partial charge is 0.376 e. The van der Waals surface area contributed by atoms with Crippen LogP contribution in [0.5, 0.6) is 0 Å². The molecule has 130 valence electrons. The van der Waals surface area contributed by atoms with Crippen molar-refractivity contribution in [2.45, 2.75) is 64.4 Å². The van der Waals surface area contributed by atoms with Crippen LogP contribution in [0.15, 0.2) is 11.6 Å². The van der Waals surface area contributed by atoms with E-state index in [1.165, 1.54) is 24.8 Å². The highest BCUT2D eigenvalue weighted by molar-refractivity contribution is 5.78. The van der Waals surface area contributed by atoms with Crippen LogP contribution in [-0.2, 0) is 14.3 Å². The molecule has 5 nitrogen and oxygen atoms in total. The lowest BCUT2D eigenvalue weighted by molar-refractivity contribution is -0.129. The molecule has 5 heteroatoms. The number of hydrogen-bond acceptors (Lipinski definition) is 3. The highest BCUT2D eigenvalue weighted by atomic mass is 16.5. The zero-order valence-electron chi connectivity index (χ0n) is 14.3. The topological polar surface area (TPSA) is 58.6 Å². The molecular weight excluding hydrogens is 292 g/mol. The van der Waals surface area contributed by atoms with E-state index in [4.69, 9.17) is 4.74 Å². The maximum absolute atomic E-state index is 11.9. The Kier molecular flexibility index (Phi) is 7.59.